The van der Waals surface area contributed by atoms with E-state index in [2.05, 4.69) is 11.6 Å². The fourth-order valence-electron chi connectivity index (χ4n) is 3.13. The Kier molecular flexibility index (Phi) is 5.04. The van der Waals surface area contributed by atoms with Crippen molar-refractivity contribution in [2.24, 2.45) is 5.92 Å². The van der Waals surface area contributed by atoms with Crippen molar-refractivity contribution in [3.8, 4) is 0 Å². The van der Waals surface area contributed by atoms with Gasteiger partial charge in [-0.05, 0) is 38.0 Å². The van der Waals surface area contributed by atoms with E-state index >= 15 is 0 Å². The van der Waals surface area contributed by atoms with Crippen molar-refractivity contribution in [2.75, 3.05) is 12.4 Å². The van der Waals surface area contributed by atoms with Gasteiger partial charge in [-0.15, -0.1) is 0 Å². The first-order valence-electron chi connectivity index (χ1n) is 7.22. The van der Waals surface area contributed by atoms with E-state index in [9.17, 15) is 8.42 Å². The summed E-state index contributed by atoms with van der Waals surface area (Å²) >= 11 is 0. The van der Waals surface area contributed by atoms with Crippen LogP contribution in [0.2, 0.25) is 0 Å². The van der Waals surface area contributed by atoms with Gasteiger partial charge in [0.05, 0.1) is 11.9 Å². The molecule has 0 aromatic carbocycles. The SMILES string of the molecule is CC[C@H]1CCC[C@H]1NS(=O)(=O)CC[C@@H]1CCCO1. The fraction of sp³-hybridized carbons (Fsp3) is 1.00. The topological polar surface area (TPSA) is 55.4 Å². The average molecular weight is 275 g/mol. The number of ether oxygens (including phenoxy) is 1. The maximum atomic E-state index is 12.0. The van der Waals surface area contributed by atoms with Crippen LogP contribution < -0.4 is 4.72 Å². The van der Waals surface area contributed by atoms with Crippen LogP contribution in [-0.4, -0.2) is 32.9 Å². The molecule has 0 aromatic heterocycles. The maximum absolute atomic E-state index is 12.0. The molecule has 3 atom stereocenters. The zero-order valence-corrected chi connectivity index (χ0v) is 12.0. The predicted molar refractivity (Wildman–Crippen MR) is 71.9 cm³/mol. The van der Waals surface area contributed by atoms with Crippen molar-refractivity contribution >= 4 is 10.0 Å². The Balaban J connectivity index is 1.79. The van der Waals surface area contributed by atoms with E-state index in [0.717, 1.165) is 45.1 Å². The van der Waals surface area contributed by atoms with Crippen LogP contribution in [0.1, 0.15) is 51.9 Å². The highest BCUT2D eigenvalue weighted by atomic mass is 32.2. The van der Waals surface area contributed by atoms with E-state index in [1.165, 1.54) is 0 Å². The van der Waals surface area contributed by atoms with Crippen molar-refractivity contribution < 1.29 is 13.2 Å². The molecule has 0 aromatic rings. The first kappa shape index (κ1) is 14.3. The molecule has 0 amide bonds. The van der Waals surface area contributed by atoms with Gasteiger partial charge in [0, 0.05) is 12.6 Å². The van der Waals surface area contributed by atoms with Crippen LogP contribution >= 0.6 is 0 Å². The number of hydrogen-bond acceptors (Lipinski definition) is 3. The molecule has 1 N–H and O–H groups in total. The van der Waals surface area contributed by atoms with E-state index in [0.29, 0.717) is 12.3 Å². The molecular weight excluding hydrogens is 250 g/mol. The van der Waals surface area contributed by atoms with Crippen LogP contribution in [-0.2, 0) is 14.8 Å². The number of nitrogens with one attached hydrogen (secondary N) is 1. The summed E-state index contributed by atoms with van der Waals surface area (Å²) in [5.74, 6) is 0.743. The summed E-state index contributed by atoms with van der Waals surface area (Å²) < 4.78 is 32.4. The van der Waals surface area contributed by atoms with Gasteiger partial charge in [-0.3, -0.25) is 0 Å². The Labute approximate surface area is 111 Å². The van der Waals surface area contributed by atoms with Gasteiger partial charge in [0.25, 0.3) is 0 Å². The van der Waals surface area contributed by atoms with E-state index in [4.69, 9.17) is 4.74 Å². The molecule has 0 bridgehead atoms. The highest BCUT2D eigenvalue weighted by Gasteiger charge is 2.29. The van der Waals surface area contributed by atoms with Gasteiger partial charge < -0.3 is 4.74 Å². The molecule has 0 unspecified atom stereocenters. The second-order valence-corrected chi connectivity index (χ2v) is 7.44. The maximum Gasteiger partial charge on any atom is 0.211 e. The molecule has 4 nitrogen and oxygen atoms in total. The summed E-state index contributed by atoms with van der Waals surface area (Å²) in [6, 6.07) is 0.171. The summed E-state index contributed by atoms with van der Waals surface area (Å²) in [4.78, 5) is 0. The van der Waals surface area contributed by atoms with Crippen LogP contribution in [0.15, 0.2) is 0 Å². The number of hydrogen-bond donors (Lipinski definition) is 1. The normalized spacial score (nSPS) is 33.1. The molecule has 18 heavy (non-hydrogen) atoms. The molecule has 2 aliphatic rings. The largest absolute Gasteiger partial charge is 0.378 e. The minimum atomic E-state index is -3.13. The van der Waals surface area contributed by atoms with Gasteiger partial charge >= 0.3 is 0 Å². The second-order valence-electron chi connectivity index (χ2n) is 5.57. The third kappa shape index (κ3) is 3.93. The highest BCUT2D eigenvalue weighted by molar-refractivity contribution is 7.89. The van der Waals surface area contributed by atoms with E-state index < -0.39 is 10.0 Å². The van der Waals surface area contributed by atoms with Crippen LogP contribution in [0, 0.1) is 5.92 Å². The highest BCUT2D eigenvalue weighted by Crippen LogP contribution is 2.28. The summed E-state index contributed by atoms with van der Waals surface area (Å²) in [6.45, 7) is 2.93. The van der Waals surface area contributed by atoms with Gasteiger partial charge in [0.2, 0.25) is 10.0 Å². The summed E-state index contributed by atoms with van der Waals surface area (Å²) in [7, 11) is -3.13. The molecule has 0 radical (unpaired) electrons. The van der Waals surface area contributed by atoms with Gasteiger partial charge in [-0.2, -0.15) is 0 Å². The monoisotopic (exact) mass is 275 g/mol. The average Bonchev–Trinajstić information content (AvgIpc) is 2.96. The minimum Gasteiger partial charge on any atom is -0.378 e. The zero-order chi connectivity index (χ0) is 13.0. The number of sulfonamides is 1. The summed E-state index contributed by atoms with van der Waals surface area (Å²) in [5, 5.41) is 0. The lowest BCUT2D eigenvalue weighted by Crippen LogP contribution is -2.39. The quantitative estimate of drug-likeness (QED) is 0.807. The van der Waals surface area contributed by atoms with Crippen molar-refractivity contribution in [1.82, 2.24) is 4.72 Å². The zero-order valence-electron chi connectivity index (χ0n) is 11.2. The lowest BCUT2D eigenvalue weighted by atomic mass is 10.0. The van der Waals surface area contributed by atoms with Gasteiger partial charge in [0.15, 0.2) is 0 Å². The summed E-state index contributed by atoms with van der Waals surface area (Å²) in [5.41, 5.74) is 0. The van der Waals surface area contributed by atoms with Gasteiger partial charge in [-0.1, -0.05) is 19.8 Å². The Morgan fingerprint density at radius 1 is 1.22 bits per heavy atom. The lowest BCUT2D eigenvalue weighted by molar-refractivity contribution is 0.108. The standard InChI is InChI=1S/C13H25NO3S/c1-2-11-5-3-7-13(11)14-18(15,16)10-8-12-6-4-9-17-12/h11-14H,2-10H2,1H3/t11-,12-,13+/m0/s1. The third-order valence-corrected chi connectivity index (χ3v) is 5.68. The Bertz CT molecular complexity index is 349. The van der Waals surface area contributed by atoms with Crippen LogP contribution in [0.4, 0.5) is 0 Å². The van der Waals surface area contributed by atoms with Gasteiger partial charge in [-0.25, -0.2) is 13.1 Å². The smallest absolute Gasteiger partial charge is 0.211 e. The van der Waals surface area contributed by atoms with Crippen molar-refractivity contribution in [2.45, 2.75) is 64.0 Å². The van der Waals surface area contributed by atoms with Crippen LogP contribution in [0.3, 0.4) is 0 Å². The lowest BCUT2D eigenvalue weighted by Gasteiger charge is -2.20. The number of rotatable bonds is 6. The van der Waals surface area contributed by atoms with Crippen molar-refractivity contribution in [3.63, 3.8) is 0 Å². The molecule has 0 spiro atoms. The first-order valence-corrected chi connectivity index (χ1v) is 8.87. The van der Waals surface area contributed by atoms with E-state index in [1.54, 1.807) is 0 Å². The van der Waals surface area contributed by atoms with Crippen LogP contribution in [0.5, 0.6) is 0 Å². The summed E-state index contributed by atoms with van der Waals surface area (Å²) in [6.07, 6.45) is 7.25. The Morgan fingerprint density at radius 3 is 2.72 bits per heavy atom. The van der Waals surface area contributed by atoms with Gasteiger partial charge in [0.1, 0.15) is 0 Å². The molecule has 2 fully saturated rings. The Morgan fingerprint density at radius 2 is 2.06 bits per heavy atom. The minimum absolute atomic E-state index is 0.159. The first-order chi connectivity index (χ1) is 8.61. The Hall–Kier alpha value is -0.130. The molecule has 1 aliphatic heterocycles. The molecular formula is C13H25NO3S. The molecule has 5 heteroatoms. The van der Waals surface area contributed by atoms with Crippen molar-refractivity contribution in [1.29, 1.82) is 0 Å². The molecule has 1 saturated carbocycles. The molecule has 1 saturated heterocycles. The third-order valence-electron chi connectivity index (χ3n) is 4.25. The predicted octanol–water partition coefficient (Wildman–Crippen LogP) is 2.05. The van der Waals surface area contributed by atoms with Crippen LogP contribution in [0.25, 0.3) is 0 Å². The van der Waals surface area contributed by atoms with E-state index in [-0.39, 0.29) is 17.9 Å². The van der Waals surface area contributed by atoms with E-state index in [1.807, 2.05) is 0 Å². The van der Waals surface area contributed by atoms with Crippen molar-refractivity contribution in [3.05, 3.63) is 0 Å². The fourth-order valence-corrected chi connectivity index (χ4v) is 4.59. The molecule has 106 valence electrons. The molecule has 1 aliphatic carbocycles. The second kappa shape index (κ2) is 6.35. The molecule has 2 rings (SSSR count). The molecule has 1 heterocycles.